The number of halogens is 1. The molecule has 1 aliphatic heterocycles. The first-order valence-electron chi connectivity index (χ1n) is 7.06. The summed E-state index contributed by atoms with van der Waals surface area (Å²) in [5, 5.41) is -0.101. The Kier molecular flexibility index (Phi) is 6.69. The van der Waals surface area contributed by atoms with Crippen molar-refractivity contribution in [2.45, 2.75) is 33.1 Å². The third-order valence-corrected chi connectivity index (χ3v) is 4.21. The first kappa shape index (κ1) is 17.5. The van der Waals surface area contributed by atoms with E-state index < -0.39 is 0 Å². The highest BCUT2D eigenvalue weighted by Gasteiger charge is 2.35. The predicted octanol–water partition coefficient (Wildman–Crippen LogP) is 4.91. The maximum atomic E-state index is 13.0. The lowest BCUT2D eigenvalue weighted by Crippen LogP contribution is -2.28. The second kappa shape index (κ2) is 8.03. The molecule has 114 valence electrons. The number of allylic oxidation sites excluding steroid dienone is 2. The average Bonchev–Trinajstić information content (AvgIpc) is 2.85. The minimum Gasteiger partial charge on any atom is -0.295 e. The van der Waals surface area contributed by atoms with Gasteiger partial charge in [-0.25, -0.2) is 4.39 Å². The quantitative estimate of drug-likeness (QED) is 0.740. The normalized spacial score (nSPS) is 18.3. The number of nitrogens with zero attached hydrogens (tertiary/aromatic N) is 1. The molecule has 0 aromatic heterocycles. The predicted molar refractivity (Wildman–Crippen MR) is 88.4 cm³/mol. The number of rotatable bonds is 3. The molecule has 21 heavy (non-hydrogen) atoms. The lowest BCUT2D eigenvalue weighted by atomic mass is 10.1. The van der Waals surface area contributed by atoms with Crippen molar-refractivity contribution >= 4 is 17.7 Å². The lowest BCUT2D eigenvalue weighted by molar-refractivity contribution is -0.126. The van der Waals surface area contributed by atoms with Crippen LogP contribution in [0.5, 0.6) is 0 Å². The molecule has 1 aromatic rings. The van der Waals surface area contributed by atoms with Crippen LogP contribution in [0, 0.1) is 5.82 Å². The zero-order chi connectivity index (χ0) is 16.0. The minimum atomic E-state index is -0.268. The molecule has 0 radical (unpaired) electrons. The summed E-state index contributed by atoms with van der Waals surface area (Å²) in [6.07, 6.45) is 1.89. The summed E-state index contributed by atoms with van der Waals surface area (Å²) >= 11 is 1.55. The van der Waals surface area contributed by atoms with Crippen LogP contribution in [0.1, 0.15) is 38.6 Å². The summed E-state index contributed by atoms with van der Waals surface area (Å²) in [6, 6.07) is 6.30. The van der Waals surface area contributed by atoms with Crippen molar-refractivity contribution in [3.8, 4) is 0 Å². The molecule has 0 saturated carbocycles. The van der Waals surface area contributed by atoms with Crippen LogP contribution in [0.25, 0.3) is 0 Å². The summed E-state index contributed by atoms with van der Waals surface area (Å²) in [5.41, 5.74) is 2.62. The van der Waals surface area contributed by atoms with E-state index in [9.17, 15) is 9.18 Å². The largest absolute Gasteiger partial charge is 0.295 e. The van der Waals surface area contributed by atoms with Gasteiger partial charge in [0.15, 0.2) is 0 Å². The maximum absolute atomic E-state index is 13.0. The van der Waals surface area contributed by atoms with Crippen LogP contribution in [0.3, 0.4) is 0 Å². The SMILES string of the molecule is C=C(C)/C(=C\C)N1C(=O)CSC1c1ccc(F)cc1.CC. The molecule has 1 unspecified atom stereocenters. The third kappa shape index (κ3) is 3.97. The fraction of sp³-hybridized carbons (Fsp3) is 0.353. The number of hydrogen-bond donors (Lipinski definition) is 0. The minimum absolute atomic E-state index is 0.0652. The zero-order valence-corrected chi connectivity index (χ0v) is 13.8. The molecule has 0 spiro atoms. The van der Waals surface area contributed by atoms with Gasteiger partial charge in [-0.05, 0) is 37.1 Å². The Morgan fingerprint density at radius 2 is 1.95 bits per heavy atom. The molecule has 1 aliphatic rings. The number of amides is 1. The fourth-order valence-electron chi connectivity index (χ4n) is 2.15. The van der Waals surface area contributed by atoms with E-state index in [1.807, 2.05) is 33.8 Å². The highest BCUT2D eigenvalue weighted by molar-refractivity contribution is 8.00. The van der Waals surface area contributed by atoms with Crippen molar-refractivity contribution in [1.29, 1.82) is 0 Å². The molecular formula is C17H22FNOS. The average molecular weight is 307 g/mol. The molecule has 0 N–H and O–H groups in total. The van der Waals surface area contributed by atoms with E-state index in [0.29, 0.717) is 5.75 Å². The Morgan fingerprint density at radius 3 is 2.43 bits per heavy atom. The molecule has 4 heteroatoms. The molecule has 1 amide bonds. The van der Waals surface area contributed by atoms with Crippen molar-refractivity contribution in [3.05, 3.63) is 59.6 Å². The molecule has 2 nitrogen and oxygen atoms in total. The van der Waals surface area contributed by atoms with Crippen LogP contribution in [0.15, 0.2) is 48.2 Å². The fourth-order valence-corrected chi connectivity index (χ4v) is 3.32. The van der Waals surface area contributed by atoms with Gasteiger partial charge in [0.05, 0.1) is 5.75 Å². The van der Waals surface area contributed by atoms with Crippen molar-refractivity contribution in [2.75, 3.05) is 5.75 Å². The highest BCUT2D eigenvalue weighted by Crippen LogP contribution is 2.42. The first-order chi connectivity index (χ1) is 10.0. The van der Waals surface area contributed by atoms with E-state index in [2.05, 4.69) is 6.58 Å². The Hall–Kier alpha value is -1.55. The molecular weight excluding hydrogens is 285 g/mol. The number of carbonyl (C=O) groups is 1. The molecule has 1 fully saturated rings. The van der Waals surface area contributed by atoms with Gasteiger partial charge in [-0.3, -0.25) is 9.69 Å². The van der Waals surface area contributed by atoms with Crippen molar-refractivity contribution in [1.82, 2.24) is 4.90 Å². The van der Waals surface area contributed by atoms with Crippen molar-refractivity contribution in [2.24, 2.45) is 0 Å². The Labute approximate surface area is 130 Å². The smallest absolute Gasteiger partial charge is 0.238 e. The zero-order valence-electron chi connectivity index (χ0n) is 13.0. The molecule has 0 bridgehead atoms. The van der Waals surface area contributed by atoms with Gasteiger partial charge in [-0.1, -0.05) is 38.6 Å². The second-order valence-electron chi connectivity index (χ2n) is 4.43. The third-order valence-electron chi connectivity index (χ3n) is 2.99. The monoisotopic (exact) mass is 307 g/mol. The van der Waals surface area contributed by atoms with E-state index in [1.165, 1.54) is 12.1 Å². The van der Waals surface area contributed by atoms with Crippen molar-refractivity contribution in [3.63, 3.8) is 0 Å². The standard InChI is InChI=1S/C15H16FNOS.C2H6/c1-4-13(10(2)3)17-14(18)9-19-15(17)11-5-7-12(16)8-6-11;1-2/h4-8,15H,2,9H2,1,3H3;1-2H3/b13-4+;. The summed E-state index contributed by atoms with van der Waals surface area (Å²) < 4.78 is 13.0. The topological polar surface area (TPSA) is 20.3 Å². The van der Waals surface area contributed by atoms with Gasteiger partial charge in [-0.15, -0.1) is 11.8 Å². The number of benzene rings is 1. The summed E-state index contributed by atoms with van der Waals surface area (Å²) in [4.78, 5) is 13.8. The van der Waals surface area contributed by atoms with Gasteiger partial charge in [-0.2, -0.15) is 0 Å². The molecule has 1 aromatic carbocycles. The lowest BCUT2D eigenvalue weighted by Gasteiger charge is -2.27. The number of hydrogen-bond acceptors (Lipinski definition) is 2. The second-order valence-corrected chi connectivity index (χ2v) is 5.50. The van der Waals surface area contributed by atoms with Crippen LogP contribution < -0.4 is 0 Å². The van der Waals surface area contributed by atoms with Crippen molar-refractivity contribution < 1.29 is 9.18 Å². The number of carbonyl (C=O) groups excluding carboxylic acids is 1. The maximum Gasteiger partial charge on any atom is 0.238 e. The van der Waals surface area contributed by atoms with E-state index in [-0.39, 0.29) is 17.1 Å². The molecule has 2 rings (SSSR count). The first-order valence-corrected chi connectivity index (χ1v) is 8.10. The van der Waals surface area contributed by atoms with Gasteiger partial charge in [0.25, 0.3) is 0 Å². The van der Waals surface area contributed by atoms with E-state index in [0.717, 1.165) is 16.8 Å². The van der Waals surface area contributed by atoms with Crippen LogP contribution in [-0.4, -0.2) is 16.6 Å². The van der Waals surface area contributed by atoms with Gasteiger partial charge in [0, 0.05) is 5.70 Å². The van der Waals surface area contributed by atoms with Crippen LogP contribution >= 0.6 is 11.8 Å². The Morgan fingerprint density at radius 1 is 1.38 bits per heavy atom. The molecule has 0 aliphatic carbocycles. The Balaban J connectivity index is 0.00000106. The highest BCUT2D eigenvalue weighted by atomic mass is 32.2. The summed E-state index contributed by atoms with van der Waals surface area (Å²) in [5.74, 6) is 0.235. The van der Waals surface area contributed by atoms with Crippen LogP contribution in [-0.2, 0) is 4.79 Å². The molecule has 1 saturated heterocycles. The summed E-state index contributed by atoms with van der Waals surface area (Å²) in [7, 11) is 0. The van der Waals surface area contributed by atoms with E-state index in [4.69, 9.17) is 0 Å². The van der Waals surface area contributed by atoms with E-state index in [1.54, 1.807) is 28.8 Å². The van der Waals surface area contributed by atoms with Gasteiger partial charge in [0.1, 0.15) is 11.2 Å². The van der Waals surface area contributed by atoms with Crippen LogP contribution in [0.2, 0.25) is 0 Å². The van der Waals surface area contributed by atoms with Gasteiger partial charge in [0.2, 0.25) is 5.91 Å². The van der Waals surface area contributed by atoms with Crippen LogP contribution in [0.4, 0.5) is 4.39 Å². The number of thioether (sulfide) groups is 1. The molecule has 1 atom stereocenters. The summed E-state index contributed by atoms with van der Waals surface area (Å²) in [6.45, 7) is 11.7. The molecule has 1 heterocycles. The van der Waals surface area contributed by atoms with E-state index >= 15 is 0 Å². The van der Waals surface area contributed by atoms with Gasteiger partial charge >= 0.3 is 0 Å². The van der Waals surface area contributed by atoms with Gasteiger partial charge < -0.3 is 0 Å². The Bertz CT molecular complexity index is 536.